The molecule has 0 radical (unpaired) electrons. The first-order valence-corrected chi connectivity index (χ1v) is 21.0. The van der Waals surface area contributed by atoms with Gasteiger partial charge in [0.2, 0.25) is 23.6 Å². The van der Waals surface area contributed by atoms with E-state index >= 15 is 0 Å². The van der Waals surface area contributed by atoms with E-state index in [9.17, 15) is 33.6 Å². The lowest BCUT2D eigenvalue weighted by Gasteiger charge is -2.32. The molecular formula is C45H53N7O10. The van der Waals surface area contributed by atoms with Crippen LogP contribution in [0.4, 0.5) is 11.4 Å². The van der Waals surface area contributed by atoms with Crippen molar-refractivity contribution in [1.29, 1.82) is 0 Å². The lowest BCUT2D eigenvalue weighted by atomic mass is 9.91. The highest BCUT2D eigenvalue weighted by Gasteiger charge is 2.45. The highest BCUT2D eigenvalue weighted by atomic mass is 16.5. The maximum absolute atomic E-state index is 13.2. The molecule has 0 bridgehead atoms. The summed E-state index contributed by atoms with van der Waals surface area (Å²) in [4.78, 5) is 94.5. The SMILES string of the molecule is O=C(/C=C/c1cccnc1)NCCCCC1CCN(C(=O)c2ccc(NC(=O)COCCOCCOCCNc3cccc4c3C(=O)N(C3CCC(=O)NC3=O)C4=O)cc2)CC1. The highest BCUT2D eigenvalue weighted by molar-refractivity contribution is 6.25. The molecule has 1 unspecified atom stereocenters. The number of pyridine rings is 1. The van der Waals surface area contributed by atoms with Crippen LogP contribution in [0.5, 0.6) is 0 Å². The van der Waals surface area contributed by atoms with Gasteiger partial charge in [0.15, 0.2) is 0 Å². The fourth-order valence-electron chi connectivity index (χ4n) is 7.50. The van der Waals surface area contributed by atoms with Crippen LogP contribution in [0.1, 0.15) is 81.6 Å². The molecule has 1 aromatic heterocycles. The molecule has 7 amide bonds. The molecule has 62 heavy (non-hydrogen) atoms. The van der Waals surface area contributed by atoms with Crippen molar-refractivity contribution in [3.8, 4) is 0 Å². The Bertz CT molecular complexity index is 2090. The average Bonchev–Trinajstić information content (AvgIpc) is 3.54. The summed E-state index contributed by atoms with van der Waals surface area (Å²) in [5.41, 5.74) is 2.83. The molecule has 328 valence electrons. The summed E-state index contributed by atoms with van der Waals surface area (Å²) in [6.45, 7) is 3.53. The van der Waals surface area contributed by atoms with Crippen LogP contribution in [0.2, 0.25) is 0 Å². The predicted octanol–water partition coefficient (Wildman–Crippen LogP) is 3.44. The van der Waals surface area contributed by atoms with Gasteiger partial charge in [-0.1, -0.05) is 25.0 Å². The fourth-order valence-corrected chi connectivity index (χ4v) is 7.50. The number of aromatic nitrogens is 1. The second-order valence-corrected chi connectivity index (χ2v) is 15.1. The normalized spacial score (nSPS) is 16.7. The number of amides is 7. The molecule has 17 nitrogen and oxygen atoms in total. The summed E-state index contributed by atoms with van der Waals surface area (Å²) in [6, 6.07) is 14.4. The minimum Gasteiger partial charge on any atom is -0.382 e. The van der Waals surface area contributed by atoms with E-state index in [1.165, 1.54) is 12.1 Å². The third-order valence-electron chi connectivity index (χ3n) is 10.8. The Labute approximate surface area is 359 Å². The van der Waals surface area contributed by atoms with Gasteiger partial charge in [0.25, 0.3) is 17.7 Å². The standard InChI is InChI=1S/C45H53N7O10/c53-38(15-9-32-6-4-19-46-29-32)48-20-2-1-5-31-17-22-51(23-18-31)43(57)33-10-12-34(13-11-33)49-40(55)30-62-28-27-61-26-25-60-24-21-47-36-8-3-7-35-41(36)45(59)52(44(35)58)37-14-16-39(54)50-42(37)56/h3-4,6-13,15,19,29,31,37,47H,1-2,5,14,16-18,20-28,30H2,(H,48,53)(H,49,55)(H,50,54,56)/b15-9+. The second kappa shape index (κ2) is 23.1. The molecule has 3 aliphatic heterocycles. The van der Waals surface area contributed by atoms with Gasteiger partial charge in [-0.3, -0.25) is 48.8 Å². The first-order valence-electron chi connectivity index (χ1n) is 21.0. The summed E-state index contributed by atoms with van der Waals surface area (Å²) >= 11 is 0. The maximum atomic E-state index is 13.2. The van der Waals surface area contributed by atoms with Crippen LogP contribution in [-0.2, 0) is 33.4 Å². The molecule has 3 aromatic rings. The van der Waals surface area contributed by atoms with Gasteiger partial charge in [0, 0.05) is 68.0 Å². The lowest BCUT2D eigenvalue weighted by molar-refractivity contribution is -0.136. The molecule has 2 fully saturated rings. The molecule has 2 aromatic carbocycles. The first kappa shape index (κ1) is 45.2. The Morgan fingerprint density at radius 3 is 2.32 bits per heavy atom. The van der Waals surface area contributed by atoms with Crippen molar-refractivity contribution >= 4 is 58.8 Å². The van der Waals surface area contributed by atoms with Gasteiger partial charge >= 0.3 is 0 Å². The highest BCUT2D eigenvalue weighted by Crippen LogP contribution is 2.32. The number of likely N-dealkylation sites (tertiary alicyclic amines) is 1. The van der Waals surface area contributed by atoms with Crippen molar-refractivity contribution in [2.45, 2.75) is 51.0 Å². The van der Waals surface area contributed by atoms with E-state index in [0.29, 0.717) is 62.2 Å². The molecule has 1 atom stereocenters. The second-order valence-electron chi connectivity index (χ2n) is 15.1. The molecule has 0 spiro atoms. The smallest absolute Gasteiger partial charge is 0.264 e. The Morgan fingerprint density at radius 2 is 1.58 bits per heavy atom. The maximum Gasteiger partial charge on any atom is 0.264 e. The van der Waals surface area contributed by atoms with Gasteiger partial charge in [-0.25, -0.2) is 0 Å². The summed E-state index contributed by atoms with van der Waals surface area (Å²) in [6.07, 6.45) is 11.7. The van der Waals surface area contributed by atoms with Gasteiger partial charge in [0.1, 0.15) is 12.6 Å². The lowest BCUT2D eigenvalue weighted by Crippen LogP contribution is -2.54. The van der Waals surface area contributed by atoms with Crippen LogP contribution < -0.4 is 21.3 Å². The largest absolute Gasteiger partial charge is 0.382 e. The van der Waals surface area contributed by atoms with Gasteiger partial charge in [-0.05, 0) is 85.7 Å². The number of unbranched alkanes of at least 4 members (excludes halogenated alkanes) is 1. The van der Waals surface area contributed by atoms with Crippen molar-refractivity contribution in [2.24, 2.45) is 5.92 Å². The number of imide groups is 2. The first-order chi connectivity index (χ1) is 30.2. The number of benzene rings is 2. The number of carbonyl (C=O) groups excluding carboxylic acids is 7. The summed E-state index contributed by atoms with van der Waals surface area (Å²) in [7, 11) is 0. The molecule has 4 N–H and O–H groups in total. The third-order valence-corrected chi connectivity index (χ3v) is 10.8. The van der Waals surface area contributed by atoms with Crippen LogP contribution in [-0.4, -0.2) is 128 Å². The minimum absolute atomic E-state index is 0.0260. The Kier molecular flexibility index (Phi) is 16.8. The fraction of sp³-hybridized carbons (Fsp3) is 0.422. The minimum atomic E-state index is -1.03. The number of ether oxygens (including phenoxy) is 3. The zero-order valence-electron chi connectivity index (χ0n) is 34.6. The van der Waals surface area contributed by atoms with Crippen molar-refractivity contribution < 1.29 is 47.8 Å². The number of hydrogen-bond donors (Lipinski definition) is 4. The van der Waals surface area contributed by atoms with Gasteiger partial charge in [0.05, 0.1) is 44.2 Å². The number of rotatable bonds is 22. The van der Waals surface area contributed by atoms with Crippen molar-refractivity contribution in [3.63, 3.8) is 0 Å². The predicted molar refractivity (Wildman–Crippen MR) is 228 cm³/mol. The Balaban J connectivity index is 0.764. The molecular weight excluding hydrogens is 799 g/mol. The number of piperidine rings is 2. The molecule has 6 rings (SSSR count). The number of nitrogens with one attached hydrogen (secondary N) is 4. The summed E-state index contributed by atoms with van der Waals surface area (Å²) in [5.74, 6) is -2.17. The van der Waals surface area contributed by atoms with Crippen LogP contribution in [0.15, 0.2) is 73.1 Å². The number of anilines is 2. The molecule has 0 saturated carbocycles. The number of hydrogen-bond acceptors (Lipinski definition) is 12. The van der Waals surface area contributed by atoms with Crippen LogP contribution >= 0.6 is 0 Å². The van der Waals surface area contributed by atoms with Crippen molar-refractivity contribution in [3.05, 3.63) is 95.3 Å². The van der Waals surface area contributed by atoms with E-state index in [0.717, 1.165) is 42.6 Å². The van der Waals surface area contributed by atoms with E-state index in [4.69, 9.17) is 14.2 Å². The summed E-state index contributed by atoms with van der Waals surface area (Å²) in [5, 5.41) is 11.0. The van der Waals surface area contributed by atoms with Crippen LogP contribution in [0.25, 0.3) is 6.08 Å². The van der Waals surface area contributed by atoms with E-state index in [1.807, 2.05) is 17.0 Å². The average molecular weight is 852 g/mol. The van der Waals surface area contributed by atoms with E-state index in [-0.39, 0.29) is 68.1 Å². The van der Waals surface area contributed by atoms with Gasteiger partial charge < -0.3 is 35.1 Å². The van der Waals surface area contributed by atoms with Crippen molar-refractivity contribution in [2.75, 3.05) is 76.5 Å². The van der Waals surface area contributed by atoms with Gasteiger partial charge in [-0.15, -0.1) is 0 Å². The summed E-state index contributed by atoms with van der Waals surface area (Å²) < 4.78 is 16.5. The van der Waals surface area contributed by atoms with E-state index < -0.39 is 29.7 Å². The van der Waals surface area contributed by atoms with Crippen LogP contribution in [0.3, 0.4) is 0 Å². The topological polar surface area (TPSA) is 215 Å². The zero-order chi connectivity index (χ0) is 43.7. The van der Waals surface area contributed by atoms with E-state index in [1.54, 1.807) is 54.9 Å². The quantitative estimate of drug-likeness (QED) is 0.0651. The zero-order valence-corrected chi connectivity index (χ0v) is 34.6. The Hall–Kier alpha value is -6.30. The molecule has 17 heteroatoms. The van der Waals surface area contributed by atoms with Crippen LogP contribution in [0, 0.1) is 5.92 Å². The monoisotopic (exact) mass is 851 g/mol. The van der Waals surface area contributed by atoms with E-state index in [2.05, 4.69) is 26.3 Å². The number of carbonyl (C=O) groups is 7. The Morgan fingerprint density at radius 1 is 0.823 bits per heavy atom. The van der Waals surface area contributed by atoms with Crippen molar-refractivity contribution in [1.82, 2.24) is 25.4 Å². The van der Waals surface area contributed by atoms with Gasteiger partial charge in [-0.2, -0.15) is 0 Å². The molecule has 2 saturated heterocycles. The number of fused-ring (bicyclic) bond motifs is 1. The molecule has 3 aliphatic rings. The molecule has 0 aliphatic carbocycles. The molecule has 4 heterocycles. The third kappa shape index (κ3) is 12.9. The number of nitrogens with zero attached hydrogens (tertiary/aromatic N) is 3.